The van der Waals surface area contributed by atoms with Gasteiger partial charge in [-0.3, -0.25) is 15.0 Å². The summed E-state index contributed by atoms with van der Waals surface area (Å²) in [4.78, 5) is 26.4. The summed E-state index contributed by atoms with van der Waals surface area (Å²) >= 11 is 0. The van der Waals surface area contributed by atoms with Gasteiger partial charge in [0.15, 0.2) is 0 Å². The first-order chi connectivity index (χ1) is 10.6. The minimum Gasteiger partial charge on any atom is -0.335 e. The molecule has 1 aliphatic carbocycles. The minimum absolute atomic E-state index is 0. The van der Waals surface area contributed by atoms with Crippen LogP contribution < -0.4 is 16.0 Å². The van der Waals surface area contributed by atoms with E-state index in [9.17, 15) is 9.59 Å². The van der Waals surface area contributed by atoms with Crippen molar-refractivity contribution in [1.82, 2.24) is 20.9 Å². The molecule has 2 aliphatic rings. The average molecular weight is 347 g/mol. The number of carbonyl (C=O) groups excluding carboxylic acids is 2. The molecule has 23 heavy (non-hydrogen) atoms. The van der Waals surface area contributed by atoms with Gasteiger partial charge in [0, 0.05) is 18.6 Å². The number of urea groups is 1. The van der Waals surface area contributed by atoms with Crippen LogP contribution in [0, 0.1) is 0 Å². The smallest absolute Gasteiger partial charge is 0.321 e. The molecule has 7 heteroatoms. The Kier molecular flexibility index (Phi) is 8.87. The number of nitrogens with one attached hydrogen (secondary N) is 3. The molecule has 2 atom stereocenters. The van der Waals surface area contributed by atoms with E-state index in [0.29, 0.717) is 6.04 Å². The van der Waals surface area contributed by atoms with Crippen LogP contribution in [0.25, 0.3) is 0 Å². The van der Waals surface area contributed by atoms with Crippen molar-refractivity contribution < 1.29 is 9.59 Å². The highest BCUT2D eigenvalue weighted by Gasteiger charge is 2.28. The molecule has 0 spiro atoms. The van der Waals surface area contributed by atoms with Gasteiger partial charge in [-0.25, -0.2) is 4.79 Å². The Morgan fingerprint density at radius 2 is 1.70 bits per heavy atom. The van der Waals surface area contributed by atoms with Crippen molar-refractivity contribution in [2.24, 2.45) is 0 Å². The molecule has 0 bridgehead atoms. The van der Waals surface area contributed by atoms with E-state index in [2.05, 4.69) is 20.9 Å². The zero-order valence-corrected chi connectivity index (χ0v) is 15.1. The molecule has 1 saturated heterocycles. The maximum atomic E-state index is 12.3. The molecule has 0 aromatic rings. The fourth-order valence-electron chi connectivity index (χ4n) is 3.44. The van der Waals surface area contributed by atoms with Crippen LogP contribution in [0.1, 0.15) is 51.9 Å². The molecule has 0 aromatic heterocycles. The molecular weight excluding hydrogens is 316 g/mol. The fraction of sp³-hybridized carbons (Fsp3) is 0.875. The summed E-state index contributed by atoms with van der Waals surface area (Å²) in [6.07, 6.45) is 7.83. The maximum Gasteiger partial charge on any atom is 0.321 e. The zero-order valence-electron chi connectivity index (χ0n) is 14.3. The van der Waals surface area contributed by atoms with Gasteiger partial charge in [-0.2, -0.15) is 0 Å². The second-order valence-corrected chi connectivity index (χ2v) is 6.60. The molecule has 3 amide bonds. The molecule has 1 saturated carbocycles. The number of hydrogen-bond donors (Lipinski definition) is 3. The number of nitrogens with zero attached hydrogens (tertiary/aromatic N) is 1. The SMILES string of the molecule is CNC1CCCN(C(C)C(=O)NC(=O)NC2CCCCC2)C1.Cl. The van der Waals surface area contributed by atoms with Crippen molar-refractivity contribution in [3.63, 3.8) is 0 Å². The quantitative estimate of drug-likeness (QED) is 0.723. The van der Waals surface area contributed by atoms with E-state index in [-0.39, 0.29) is 36.4 Å². The number of amides is 3. The molecule has 6 nitrogen and oxygen atoms in total. The van der Waals surface area contributed by atoms with E-state index >= 15 is 0 Å². The number of likely N-dealkylation sites (N-methyl/N-ethyl adjacent to an activating group) is 1. The van der Waals surface area contributed by atoms with Crippen molar-refractivity contribution in [2.45, 2.75) is 70.0 Å². The second-order valence-electron chi connectivity index (χ2n) is 6.60. The van der Waals surface area contributed by atoms with Gasteiger partial charge < -0.3 is 10.6 Å². The lowest BCUT2D eigenvalue weighted by molar-refractivity contribution is -0.125. The van der Waals surface area contributed by atoms with Crippen molar-refractivity contribution in [2.75, 3.05) is 20.1 Å². The van der Waals surface area contributed by atoms with Gasteiger partial charge in [0.1, 0.15) is 0 Å². The van der Waals surface area contributed by atoms with E-state index in [1.165, 1.54) is 6.42 Å². The zero-order chi connectivity index (χ0) is 15.9. The number of halogens is 1. The van der Waals surface area contributed by atoms with Crippen LogP contribution in [0.4, 0.5) is 4.79 Å². The molecule has 2 fully saturated rings. The third-order valence-corrected chi connectivity index (χ3v) is 4.97. The molecule has 3 N–H and O–H groups in total. The van der Waals surface area contributed by atoms with Crippen molar-refractivity contribution in [3.8, 4) is 0 Å². The number of piperidine rings is 1. The van der Waals surface area contributed by atoms with E-state index in [4.69, 9.17) is 0 Å². The van der Waals surface area contributed by atoms with Gasteiger partial charge in [0.2, 0.25) is 5.91 Å². The lowest BCUT2D eigenvalue weighted by Crippen LogP contribution is -2.55. The number of carbonyl (C=O) groups is 2. The topological polar surface area (TPSA) is 73.5 Å². The van der Waals surface area contributed by atoms with E-state index < -0.39 is 0 Å². The lowest BCUT2D eigenvalue weighted by Gasteiger charge is -2.35. The predicted molar refractivity (Wildman–Crippen MR) is 93.9 cm³/mol. The fourth-order valence-corrected chi connectivity index (χ4v) is 3.44. The van der Waals surface area contributed by atoms with Crippen LogP contribution in [0.5, 0.6) is 0 Å². The van der Waals surface area contributed by atoms with Crippen LogP contribution >= 0.6 is 12.4 Å². The summed E-state index contributed by atoms with van der Waals surface area (Å²) in [5.74, 6) is -0.204. The molecule has 1 aliphatic heterocycles. The summed E-state index contributed by atoms with van der Waals surface area (Å²) in [7, 11) is 1.95. The summed E-state index contributed by atoms with van der Waals surface area (Å²) in [6.45, 7) is 3.65. The standard InChI is InChI=1S/C16H30N4O2.ClH/c1-12(20-10-6-9-14(11-20)17-2)15(21)19-16(22)18-13-7-4-3-5-8-13;/h12-14,17H,3-11H2,1-2H3,(H2,18,19,21,22);1H. The number of rotatable bonds is 4. The monoisotopic (exact) mass is 346 g/mol. The van der Waals surface area contributed by atoms with Crippen molar-refractivity contribution in [1.29, 1.82) is 0 Å². The van der Waals surface area contributed by atoms with E-state index in [0.717, 1.165) is 51.6 Å². The molecule has 134 valence electrons. The van der Waals surface area contributed by atoms with Crippen LogP contribution in [-0.4, -0.2) is 55.1 Å². The van der Waals surface area contributed by atoms with Gasteiger partial charge in [-0.15, -0.1) is 12.4 Å². The Labute approximate surface area is 145 Å². The van der Waals surface area contributed by atoms with E-state index in [1.807, 2.05) is 14.0 Å². The minimum atomic E-state index is -0.342. The predicted octanol–water partition coefficient (Wildman–Crippen LogP) is 1.64. The molecular formula is C16H31ClN4O2. The Morgan fingerprint density at radius 1 is 1.04 bits per heavy atom. The Balaban J connectivity index is 0.00000264. The molecule has 2 rings (SSSR count). The second kappa shape index (κ2) is 10.1. The summed E-state index contributed by atoms with van der Waals surface area (Å²) < 4.78 is 0. The van der Waals surface area contributed by atoms with Crippen molar-refractivity contribution >= 4 is 24.3 Å². The largest absolute Gasteiger partial charge is 0.335 e. The third kappa shape index (κ3) is 6.28. The molecule has 0 aromatic carbocycles. The van der Waals surface area contributed by atoms with Gasteiger partial charge in [0.05, 0.1) is 6.04 Å². The Morgan fingerprint density at radius 3 is 2.35 bits per heavy atom. The first-order valence-corrected chi connectivity index (χ1v) is 8.63. The molecule has 1 heterocycles. The first kappa shape index (κ1) is 20.2. The van der Waals surface area contributed by atoms with Crippen LogP contribution in [-0.2, 0) is 4.79 Å². The number of hydrogen-bond acceptors (Lipinski definition) is 4. The highest BCUT2D eigenvalue weighted by molar-refractivity contribution is 5.96. The number of imide groups is 1. The van der Waals surface area contributed by atoms with Gasteiger partial charge in [0.25, 0.3) is 0 Å². The highest BCUT2D eigenvalue weighted by atomic mass is 35.5. The average Bonchev–Trinajstić information content (AvgIpc) is 2.55. The molecule has 0 radical (unpaired) electrons. The van der Waals surface area contributed by atoms with Crippen LogP contribution in [0.2, 0.25) is 0 Å². The number of likely N-dealkylation sites (tertiary alicyclic amines) is 1. The molecule has 2 unspecified atom stereocenters. The summed E-state index contributed by atoms with van der Waals surface area (Å²) in [6, 6.07) is 0.0414. The van der Waals surface area contributed by atoms with Gasteiger partial charge in [-0.1, -0.05) is 19.3 Å². The Bertz CT molecular complexity index is 388. The first-order valence-electron chi connectivity index (χ1n) is 8.63. The van der Waals surface area contributed by atoms with Gasteiger partial charge in [-0.05, 0) is 46.2 Å². The summed E-state index contributed by atoms with van der Waals surface area (Å²) in [5.41, 5.74) is 0. The summed E-state index contributed by atoms with van der Waals surface area (Å²) in [5, 5.41) is 8.70. The van der Waals surface area contributed by atoms with Crippen LogP contribution in [0.3, 0.4) is 0 Å². The Hall–Kier alpha value is -0.850. The normalized spacial score (nSPS) is 24.3. The third-order valence-electron chi connectivity index (χ3n) is 4.97. The van der Waals surface area contributed by atoms with Crippen molar-refractivity contribution in [3.05, 3.63) is 0 Å². The van der Waals surface area contributed by atoms with Crippen LogP contribution in [0.15, 0.2) is 0 Å². The maximum absolute atomic E-state index is 12.3. The lowest BCUT2D eigenvalue weighted by atomic mass is 9.96. The van der Waals surface area contributed by atoms with Gasteiger partial charge >= 0.3 is 6.03 Å². The highest BCUT2D eigenvalue weighted by Crippen LogP contribution is 2.17. The van der Waals surface area contributed by atoms with E-state index in [1.54, 1.807) is 0 Å².